The molecule has 0 amide bonds. The molecule has 17 heavy (non-hydrogen) atoms. The predicted molar refractivity (Wildman–Crippen MR) is 60.2 cm³/mol. The third-order valence-corrected chi connectivity index (χ3v) is 2.41. The molecule has 1 rings (SSSR count). The van der Waals surface area contributed by atoms with Crippen molar-refractivity contribution >= 4 is 28.0 Å². The average Bonchev–Trinajstić information content (AvgIpc) is 2.24. The Morgan fingerprint density at radius 1 is 1.41 bits per heavy atom. The summed E-state index contributed by atoms with van der Waals surface area (Å²) < 4.78 is 42.7. The quantitative estimate of drug-likeness (QED) is 0.616. The minimum Gasteiger partial charge on any atom is -0.466 e. The summed E-state index contributed by atoms with van der Waals surface area (Å²) in [6.07, 6.45) is -2.45. The van der Waals surface area contributed by atoms with Gasteiger partial charge in [-0.15, -0.1) is 0 Å². The van der Waals surface area contributed by atoms with E-state index in [9.17, 15) is 18.0 Å². The van der Waals surface area contributed by atoms with Crippen LogP contribution in [0.3, 0.4) is 0 Å². The number of halogens is 4. The van der Waals surface area contributed by atoms with Gasteiger partial charge in [0.2, 0.25) is 0 Å². The van der Waals surface area contributed by atoms with E-state index in [0.717, 1.165) is 25.3 Å². The lowest BCUT2D eigenvalue weighted by atomic mass is 10.1. The number of methoxy groups -OCH3 is 1. The van der Waals surface area contributed by atoms with Crippen molar-refractivity contribution in [1.82, 2.24) is 0 Å². The Balaban J connectivity index is 3.17. The molecular formula is C11H8BrF3O2. The fourth-order valence-electron chi connectivity index (χ4n) is 1.16. The number of hydrogen-bond acceptors (Lipinski definition) is 2. The predicted octanol–water partition coefficient (Wildman–Crippen LogP) is 3.65. The minimum atomic E-state index is -4.46. The lowest BCUT2D eigenvalue weighted by Gasteiger charge is -2.10. The molecule has 0 bridgehead atoms. The van der Waals surface area contributed by atoms with Gasteiger partial charge in [-0.3, -0.25) is 0 Å². The number of carbonyl (C=O) groups is 1. The summed E-state index contributed by atoms with van der Waals surface area (Å²) in [6, 6.07) is 3.52. The zero-order chi connectivity index (χ0) is 13.1. The highest BCUT2D eigenvalue weighted by Gasteiger charge is 2.32. The van der Waals surface area contributed by atoms with Crippen LogP contribution in [0.2, 0.25) is 0 Å². The van der Waals surface area contributed by atoms with Crippen LogP contribution in [-0.4, -0.2) is 13.1 Å². The van der Waals surface area contributed by atoms with Crippen molar-refractivity contribution in [2.45, 2.75) is 6.18 Å². The summed E-state index contributed by atoms with van der Waals surface area (Å²) in [5.41, 5.74) is -0.905. The van der Waals surface area contributed by atoms with Crippen molar-refractivity contribution in [1.29, 1.82) is 0 Å². The van der Waals surface area contributed by atoms with Gasteiger partial charge in [-0.1, -0.05) is 15.9 Å². The molecule has 92 valence electrons. The number of esters is 1. The molecule has 0 N–H and O–H groups in total. The molecule has 1 aromatic rings. The molecule has 0 aliphatic heterocycles. The highest BCUT2D eigenvalue weighted by atomic mass is 79.9. The van der Waals surface area contributed by atoms with Gasteiger partial charge in [0.25, 0.3) is 0 Å². The van der Waals surface area contributed by atoms with E-state index in [1.165, 1.54) is 12.1 Å². The standard InChI is InChI=1S/C11H8BrF3O2/c1-17-10(16)5-2-7-6-8(12)3-4-9(7)11(13,14)15/h2-6H,1H3/b5-2+. The van der Waals surface area contributed by atoms with Crippen LogP contribution in [0.1, 0.15) is 11.1 Å². The van der Waals surface area contributed by atoms with E-state index in [1.807, 2.05) is 0 Å². The normalized spacial score (nSPS) is 11.8. The number of benzene rings is 1. The van der Waals surface area contributed by atoms with E-state index >= 15 is 0 Å². The van der Waals surface area contributed by atoms with Gasteiger partial charge in [-0.25, -0.2) is 4.79 Å². The van der Waals surface area contributed by atoms with Gasteiger partial charge < -0.3 is 4.74 Å². The Labute approximate surface area is 104 Å². The van der Waals surface area contributed by atoms with Gasteiger partial charge in [0, 0.05) is 10.5 Å². The lowest BCUT2D eigenvalue weighted by molar-refractivity contribution is -0.138. The Morgan fingerprint density at radius 3 is 2.59 bits per heavy atom. The van der Waals surface area contributed by atoms with Crippen LogP contribution in [-0.2, 0) is 15.7 Å². The summed E-state index contributed by atoms with van der Waals surface area (Å²) in [7, 11) is 1.15. The second kappa shape index (κ2) is 5.35. The maximum Gasteiger partial charge on any atom is 0.416 e. The van der Waals surface area contributed by atoms with Crippen LogP contribution in [0.25, 0.3) is 6.08 Å². The third-order valence-electron chi connectivity index (χ3n) is 1.92. The van der Waals surface area contributed by atoms with Crippen molar-refractivity contribution in [3.8, 4) is 0 Å². The maximum absolute atomic E-state index is 12.6. The SMILES string of the molecule is COC(=O)/C=C/c1cc(Br)ccc1C(F)(F)F. The van der Waals surface area contributed by atoms with E-state index in [0.29, 0.717) is 4.47 Å². The fourth-order valence-corrected chi connectivity index (χ4v) is 1.53. The number of carbonyl (C=O) groups excluding carboxylic acids is 1. The van der Waals surface area contributed by atoms with Gasteiger partial charge in [-0.05, 0) is 29.8 Å². The Bertz CT molecular complexity index is 453. The molecule has 0 aliphatic carbocycles. The number of ether oxygens (including phenoxy) is 1. The van der Waals surface area contributed by atoms with Gasteiger partial charge in [-0.2, -0.15) is 13.2 Å². The average molecular weight is 309 g/mol. The summed E-state index contributed by atoms with van der Waals surface area (Å²) in [5, 5.41) is 0. The Hall–Kier alpha value is -1.30. The van der Waals surface area contributed by atoms with Crippen molar-refractivity contribution in [3.05, 3.63) is 39.9 Å². The molecule has 0 saturated heterocycles. The van der Waals surface area contributed by atoms with E-state index in [1.54, 1.807) is 0 Å². The monoisotopic (exact) mass is 308 g/mol. The molecular weight excluding hydrogens is 301 g/mol. The van der Waals surface area contributed by atoms with E-state index in [2.05, 4.69) is 20.7 Å². The highest BCUT2D eigenvalue weighted by Crippen LogP contribution is 2.33. The maximum atomic E-state index is 12.6. The summed E-state index contributed by atoms with van der Waals surface area (Å²) in [5.74, 6) is -0.710. The molecule has 0 radical (unpaired) electrons. The number of rotatable bonds is 2. The highest BCUT2D eigenvalue weighted by molar-refractivity contribution is 9.10. The van der Waals surface area contributed by atoms with Crippen molar-refractivity contribution < 1.29 is 22.7 Å². The van der Waals surface area contributed by atoms with Gasteiger partial charge in [0.15, 0.2) is 0 Å². The molecule has 6 heteroatoms. The molecule has 0 aromatic heterocycles. The molecule has 1 aromatic carbocycles. The van der Waals surface area contributed by atoms with E-state index < -0.39 is 17.7 Å². The Morgan fingerprint density at radius 2 is 2.06 bits per heavy atom. The first-order chi connectivity index (χ1) is 7.84. The van der Waals surface area contributed by atoms with Crippen molar-refractivity contribution in [3.63, 3.8) is 0 Å². The zero-order valence-corrected chi connectivity index (χ0v) is 10.3. The number of alkyl halides is 3. The summed E-state index contributed by atoms with van der Waals surface area (Å²) in [4.78, 5) is 10.8. The van der Waals surface area contributed by atoms with E-state index in [-0.39, 0.29) is 5.56 Å². The molecule has 0 heterocycles. The first-order valence-electron chi connectivity index (χ1n) is 4.47. The lowest BCUT2D eigenvalue weighted by Crippen LogP contribution is -2.07. The second-order valence-corrected chi connectivity index (χ2v) is 4.00. The van der Waals surface area contributed by atoms with Gasteiger partial charge in [0.05, 0.1) is 12.7 Å². The molecule has 0 aliphatic rings. The van der Waals surface area contributed by atoms with Gasteiger partial charge in [0.1, 0.15) is 0 Å². The smallest absolute Gasteiger partial charge is 0.416 e. The zero-order valence-electron chi connectivity index (χ0n) is 8.72. The minimum absolute atomic E-state index is 0.0997. The van der Waals surface area contributed by atoms with Crippen LogP contribution in [0.5, 0.6) is 0 Å². The van der Waals surface area contributed by atoms with Crippen LogP contribution >= 0.6 is 15.9 Å². The topological polar surface area (TPSA) is 26.3 Å². The number of hydrogen-bond donors (Lipinski definition) is 0. The third kappa shape index (κ3) is 3.89. The molecule has 0 unspecified atom stereocenters. The van der Waals surface area contributed by atoms with Gasteiger partial charge >= 0.3 is 12.1 Å². The first-order valence-corrected chi connectivity index (χ1v) is 5.26. The van der Waals surface area contributed by atoms with Crippen LogP contribution < -0.4 is 0 Å². The summed E-state index contributed by atoms with van der Waals surface area (Å²) >= 11 is 3.07. The van der Waals surface area contributed by atoms with E-state index in [4.69, 9.17) is 0 Å². The molecule has 0 atom stereocenters. The van der Waals surface area contributed by atoms with Crippen molar-refractivity contribution in [2.75, 3.05) is 7.11 Å². The first kappa shape index (κ1) is 13.8. The van der Waals surface area contributed by atoms with Crippen LogP contribution in [0, 0.1) is 0 Å². The molecule has 0 spiro atoms. The summed E-state index contributed by atoms with van der Waals surface area (Å²) in [6.45, 7) is 0. The second-order valence-electron chi connectivity index (χ2n) is 3.09. The molecule has 0 fully saturated rings. The van der Waals surface area contributed by atoms with Crippen molar-refractivity contribution in [2.24, 2.45) is 0 Å². The van der Waals surface area contributed by atoms with Crippen LogP contribution in [0.15, 0.2) is 28.7 Å². The van der Waals surface area contributed by atoms with Crippen LogP contribution in [0.4, 0.5) is 13.2 Å². The Kier molecular flexibility index (Phi) is 4.34. The largest absolute Gasteiger partial charge is 0.466 e. The molecule has 2 nitrogen and oxygen atoms in total. The molecule has 0 saturated carbocycles. The fraction of sp³-hybridized carbons (Fsp3) is 0.182.